The first-order valence-corrected chi connectivity index (χ1v) is 4.57. The molecule has 1 aromatic carbocycles. The molecule has 0 atom stereocenters. The maximum absolute atomic E-state index is 11.9. The van der Waals surface area contributed by atoms with E-state index in [1.54, 1.807) is 12.1 Å². The Bertz CT molecular complexity index is 357. The topological polar surface area (TPSA) is 54.4 Å². The number of carboxylic acid groups (broad SMARTS) is 1. The molecule has 0 unspecified atom stereocenters. The number of ketones is 1. The molecular weight excluding hydrogens is 199 g/mol. The third-order valence-corrected chi connectivity index (χ3v) is 2.01. The van der Waals surface area contributed by atoms with Gasteiger partial charge in [-0.1, -0.05) is 24.3 Å². The van der Waals surface area contributed by atoms with Crippen molar-refractivity contribution in [3.8, 4) is 0 Å². The minimum absolute atomic E-state index is 0.145. The van der Waals surface area contributed by atoms with Gasteiger partial charge in [-0.2, -0.15) is 0 Å². The molecule has 0 aliphatic rings. The standard InChI is InChI=1S/C11H11FO3/c12-7-1-2-8-3-5-9(6-4-8)10(13)11(14)15/h3-6H,1-2,7H2,(H,14,15). The quantitative estimate of drug-likeness (QED) is 0.596. The van der Waals surface area contributed by atoms with Crippen LogP contribution in [0.25, 0.3) is 0 Å². The van der Waals surface area contributed by atoms with Crippen molar-refractivity contribution in [2.45, 2.75) is 12.8 Å². The zero-order valence-electron chi connectivity index (χ0n) is 8.07. The molecule has 0 amide bonds. The van der Waals surface area contributed by atoms with Crippen molar-refractivity contribution >= 4 is 11.8 Å². The van der Waals surface area contributed by atoms with Gasteiger partial charge in [0.25, 0.3) is 5.78 Å². The van der Waals surface area contributed by atoms with Gasteiger partial charge in [-0.25, -0.2) is 4.79 Å². The van der Waals surface area contributed by atoms with Gasteiger partial charge in [-0.15, -0.1) is 0 Å². The minimum Gasteiger partial charge on any atom is -0.475 e. The van der Waals surface area contributed by atoms with E-state index in [0.717, 1.165) is 5.56 Å². The Morgan fingerprint density at radius 1 is 1.20 bits per heavy atom. The average molecular weight is 210 g/mol. The van der Waals surface area contributed by atoms with Crippen LogP contribution in [0.2, 0.25) is 0 Å². The molecular formula is C11H11FO3. The van der Waals surface area contributed by atoms with Crippen LogP contribution in [-0.2, 0) is 11.2 Å². The fourth-order valence-corrected chi connectivity index (χ4v) is 1.22. The maximum Gasteiger partial charge on any atom is 0.377 e. The Hall–Kier alpha value is -1.71. The summed E-state index contributed by atoms with van der Waals surface area (Å²) in [6.07, 6.45) is 1.03. The second-order valence-electron chi connectivity index (χ2n) is 3.12. The summed E-state index contributed by atoms with van der Waals surface area (Å²) >= 11 is 0. The van der Waals surface area contributed by atoms with E-state index >= 15 is 0 Å². The van der Waals surface area contributed by atoms with Crippen molar-refractivity contribution < 1.29 is 19.1 Å². The van der Waals surface area contributed by atoms with Gasteiger partial charge in [0, 0.05) is 5.56 Å². The number of aliphatic carboxylic acids is 1. The zero-order chi connectivity index (χ0) is 11.3. The monoisotopic (exact) mass is 210 g/mol. The molecule has 0 spiro atoms. The first-order chi connectivity index (χ1) is 7.15. The molecule has 0 aliphatic carbocycles. The van der Waals surface area contributed by atoms with Crippen molar-refractivity contribution in [3.05, 3.63) is 35.4 Å². The lowest BCUT2D eigenvalue weighted by molar-refractivity contribution is -0.131. The molecule has 4 heteroatoms. The predicted molar refractivity (Wildman–Crippen MR) is 52.7 cm³/mol. The van der Waals surface area contributed by atoms with Gasteiger partial charge >= 0.3 is 5.97 Å². The number of carbonyl (C=O) groups excluding carboxylic acids is 1. The summed E-state index contributed by atoms with van der Waals surface area (Å²) < 4.78 is 11.9. The first-order valence-electron chi connectivity index (χ1n) is 4.57. The molecule has 1 rings (SSSR count). The number of carbonyl (C=O) groups is 2. The molecule has 0 saturated heterocycles. The number of aryl methyl sites for hydroxylation is 1. The number of hydrogen-bond acceptors (Lipinski definition) is 2. The number of rotatable bonds is 5. The summed E-state index contributed by atoms with van der Waals surface area (Å²) in [5.41, 5.74) is 1.04. The maximum atomic E-state index is 11.9. The highest BCUT2D eigenvalue weighted by molar-refractivity contribution is 6.39. The third kappa shape index (κ3) is 3.16. The van der Waals surface area contributed by atoms with Crippen LogP contribution in [0.3, 0.4) is 0 Å². The fraction of sp³-hybridized carbons (Fsp3) is 0.273. The van der Waals surface area contributed by atoms with E-state index in [0.29, 0.717) is 12.8 Å². The van der Waals surface area contributed by atoms with Crippen molar-refractivity contribution in [1.82, 2.24) is 0 Å². The van der Waals surface area contributed by atoms with Gasteiger partial charge in [0.2, 0.25) is 0 Å². The Labute approximate surface area is 86.5 Å². The third-order valence-electron chi connectivity index (χ3n) is 2.01. The average Bonchev–Trinajstić information content (AvgIpc) is 2.26. The molecule has 3 nitrogen and oxygen atoms in total. The van der Waals surface area contributed by atoms with Crippen molar-refractivity contribution in [2.24, 2.45) is 0 Å². The summed E-state index contributed by atoms with van der Waals surface area (Å²) in [7, 11) is 0. The summed E-state index contributed by atoms with van der Waals surface area (Å²) in [5.74, 6) is -2.39. The van der Waals surface area contributed by atoms with E-state index in [9.17, 15) is 14.0 Å². The lowest BCUT2D eigenvalue weighted by atomic mass is 10.1. The van der Waals surface area contributed by atoms with E-state index in [2.05, 4.69) is 0 Å². The smallest absolute Gasteiger partial charge is 0.377 e. The number of hydrogen-bond donors (Lipinski definition) is 1. The number of alkyl halides is 1. The number of halogens is 1. The molecule has 0 bridgehead atoms. The van der Waals surface area contributed by atoms with E-state index in [4.69, 9.17) is 5.11 Å². The van der Waals surface area contributed by atoms with Crippen molar-refractivity contribution in [2.75, 3.05) is 6.67 Å². The second kappa shape index (κ2) is 5.24. The molecule has 0 radical (unpaired) electrons. The Kier molecular flexibility index (Phi) is 3.97. The summed E-state index contributed by atoms with van der Waals surface area (Å²) in [6.45, 7) is -0.379. The van der Waals surface area contributed by atoms with Crippen LogP contribution < -0.4 is 0 Å². The SMILES string of the molecule is O=C(O)C(=O)c1ccc(CCCF)cc1. The Morgan fingerprint density at radius 3 is 2.27 bits per heavy atom. The number of benzene rings is 1. The first kappa shape index (κ1) is 11.4. The van der Waals surface area contributed by atoms with E-state index in [-0.39, 0.29) is 12.2 Å². The van der Waals surface area contributed by atoms with Crippen LogP contribution in [0.15, 0.2) is 24.3 Å². The summed E-state index contributed by atoms with van der Waals surface area (Å²) in [5, 5.41) is 8.45. The lowest BCUT2D eigenvalue weighted by Gasteiger charge is -2.00. The van der Waals surface area contributed by atoms with Crippen LogP contribution >= 0.6 is 0 Å². The van der Waals surface area contributed by atoms with Crippen LogP contribution in [-0.4, -0.2) is 23.5 Å². The Balaban J connectivity index is 2.72. The van der Waals surface area contributed by atoms with E-state index in [1.807, 2.05) is 0 Å². The van der Waals surface area contributed by atoms with E-state index in [1.165, 1.54) is 12.1 Å². The molecule has 1 aromatic rings. The molecule has 1 N–H and O–H groups in total. The normalized spacial score (nSPS) is 9.93. The minimum atomic E-state index is -1.47. The number of carboxylic acids is 1. The second-order valence-corrected chi connectivity index (χ2v) is 3.12. The van der Waals surface area contributed by atoms with Gasteiger partial charge < -0.3 is 5.11 Å². The zero-order valence-corrected chi connectivity index (χ0v) is 8.07. The highest BCUT2D eigenvalue weighted by Crippen LogP contribution is 2.07. The molecule has 0 fully saturated rings. The molecule has 15 heavy (non-hydrogen) atoms. The number of Topliss-reactive ketones (excluding diaryl/α,β-unsaturated/α-hetero) is 1. The molecule has 0 aromatic heterocycles. The van der Waals surface area contributed by atoms with Crippen molar-refractivity contribution in [3.63, 3.8) is 0 Å². The fourth-order valence-electron chi connectivity index (χ4n) is 1.22. The highest BCUT2D eigenvalue weighted by atomic mass is 19.1. The van der Waals surface area contributed by atoms with Gasteiger partial charge in [-0.3, -0.25) is 9.18 Å². The molecule has 0 aliphatic heterocycles. The highest BCUT2D eigenvalue weighted by Gasteiger charge is 2.13. The summed E-state index contributed by atoms with van der Waals surface area (Å²) in [6, 6.07) is 6.19. The van der Waals surface area contributed by atoms with Gasteiger partial charge in [0.1, 0.15) is 0 Å². The van der Waals surface area contributed by atoms with Crippen molar-refractivity contribution in [1.29, 1.82) is 0 Å². The predicted octanol–water partition coefficient (Wildman–Crippen LogP) is 1.86. The molecule has 0 saturated carbocycles. The molecule has 0 heterocycles. The van der Waals surface area contributed by atoms with Crippen LogP contribution in [0.1, 0.15) is 22.3 Å². The van der Waals surface area contributed by atoms with Crippen LogP contribution in [0.4, 0.5) is 4.39 Å². The van der Waals surface area contributed by atoms with Gasteiger partial charge in [0.05, 0.1) is 6.67 Å². The Morgan fingerprint density at radius 2 is 1.80 bits per heavy atom. The van der Waals surface area contributed by atoms with Crippen LogP contribution in [0.5, 0.6) is 0 Å². The summed E-state index contributed by atoms with van der Waals surface area (Å²) in [4.78, 5) is 21.4. The van der Waals surface area contributed by atoms with Gasteiger partial charge in [-0.05, 0) is 18.4 Å². The largest absolute Gasteiger partial charge is 0.475 e. The lowest BCUT2D eigenvalue weighted by Crippen LogP contribution is -2.12. The van der Waals surface area contributed by atoms with E-state index < -0.39 is 11.8 Å². The van der Waals surface area contributed by atoms with Crippen LogP contribution in [0, 0.1) is 0 Å². The van der Waals surface area contributed by atoms with Gasteiger partial charge in [0.15, 0.2) is 0 Å². The molecule has 80 valence electrons.